The average molecular weight is 562 g/mol. The molecule has 1 fully saturated rings. The monoisotopic (exact) mass is 561 g/mol. The zero-order valence-electron chi connectivity index (χ0n) is 24.2. The number of aliphatic imine (C=N–C) groups is 1. The minimum atomic E-state index is -0.660. The number of carbonyl (C=O) groups excluding carboxylic acids is 2. The Morgan fingerprint density at radius 2 is 1.76 bits per heavy atom. The molecule has 0 aromatic heterocycles. The van der Waals surface area contributed by atoms with Crippen molar-refractivity contribution in [3.8, 4) is 0 Å². The third-order valence-electron chi connectivity index (χ3n) is 8.22. The Bertz CT molecular complexity index is 1310. The first-order valence-electron chi connectivity index (χ1n) is 14.6. The standard InChI is InChI=1S/C31H40FN7O2/c1-19(2)5-14-26(22-6-8-24(9-7-22)29(40)33-18-27-35-37-38-36-27)39-30(41)28(23-10-12-25(32)13-11-23)34-31(39)16-20(3)15-21(4)17-31/h6-13,19-21,26,37-38H,5,14-18H2,1-4H3,(H,33,40)(H,35,36)/t20?,21?,26-,31?/m1/s1. The largest absolute Gasteiger partial charge is 0.345 e. The van der Waals surface area contributed by atoms with Crippen LogP contribution >= 0.6 is 0 Å². The highest BCUT2D eigenvalue weighted by molar-refractivity contribution is 6.46. The Kier molecular flexibility index (Phi) is 8.40. The number of hydrazine groups is 2. The molecule has 2 amide bonds. The fourth-order valence-electron chi connectivity index (χ4n) is 6.55. The molecule has 0 bridgehead atoms. The number of nitrogens with one attached hydrogen (secondary N) is 4. The van der Waals surface area contributed by atoms with Crippen molar-refractivity contribution >= 4 is 23.4 Å². The number of hydrogen-bond donors (Lipinski definition) is 4. The van der Waals surface area contributed by atoms with Crippen LogP contribution in [0.25, 0.3) is 0 Å². The van der Waals surface area contributed by atoms with Crippen molar-refractivity contribution in [2.45, 2.75) is 71.5 Å². The first kappa shape index (κ1) is 28.7. The molecule has 3 aliphatic rings. The third-order valence-corrected chi connectivity index (χ3v) is 8.22. The van der Waals surface area contributed by atoms with E-state index in [0.29, 0.717) is 40.4 Å². The van der Waals surface area contributed by atoms with Gasteiger partial charge in [0.1, 0.15) is 17.2 Å². The summed E-state index contributed by atoms with van der Waals surface area (Å²) in [5, 5.41) is 6.83. The summed E-state index contributed by atoms with van der Waals surface area (Å²) in [5.41, 5.74) is 9.91. The Balaban J connectivity index is 1.48. The summed E-state index contributed by atoms with van der Waals surface area (Å²) in [6.45, 7) is 9.10. The fraction of sp³-hybridized carbons (Fsp3) is 0.484. The number of hydrogen-bond acceptors (Lipinski definition) is 7. The lowest BCUT2D eigenvalue weighted by Crippen LogP contribution is -2.52. The van der Waals surface area contributed by atoms with Crippen LogP contribution in [0.5, 0.6) is 0 Å². The molecule has 1 aliphatic carbocycles. The average Bonchev–Trinajstić information content (AvgIpc) is 3.54. The lowest BCUT2D eigenvalue weighted by atomic mass is 9.75. The molecule has 2 unspecified atom stereocenters. The van der Waals surface area contributed by atoms with Gasteiger partial charge in [-0.1, -0.05) is 39.8 Å². The molecule has 0 radical (unpaired) electrons. The molecule has 3 atom stereocenters. The molecule has 2 heterocycles. The molecular formula is C31H40FN7O2. The van der Waals surface area contributed by atoms with Gasteiger partial charge in [0.15, 0.2) is 5.84 Å². The number of hydrazone groups is 1. The van der Waals surface area contributed by atoms with E-state index in [1.807, 2.05) is 29.2 Å². The highest BCUT2D eigenvalue weighted by Crippen LogP contribution is 2.48. The van der Waals surface area contributed by atoms with E-state index in [4.69, 9.17) is 4.99 Å². The molecule has 1 spiro atoms. The zero-order chi connectivity index (χ0) is 29.1. The molecule has 1 saturated carbocycles. The number of benzene rings is 2. The van der Waals surface area contributed by atoms with Crippen molar-refractivity contribution in [3.05, 3.63) is 71.0 Å². The van der Waals surface area contributed by atoms with Crippen LogP contribution < -0.4 is 21.8 Å². The molecule has 2 aliphatic heterocycles. The van der Waals surface area contributed by atoms with Gasteiger partial charge in [-0.15, -0.1) is 10.6 Å². The van der Waals surface area contributed by atoms with Gasteiger partial charge in [-0.25, -0.2) is 9.93 Å². The topological polar surface area (TPSA) is 110 Å². The second kappa shape index (κ2) is 12.0. The maximum Gasteiger partial charge on any atom is 0.275 e. The van der Waals surface area contributed by atoms with E-state index in [1.165, 1.54) is 12.1 Å². The van der Waals surface area contributed by atoms with Crippen molar-refractivity contribution in [1.29, 1.82) is 0 Å². The summed E-state index contributed by atoms with van der Waals surface area (Å²) in [7, 11) is 0. The first-order valence-corrected chi connectivity index (χ1v) is 14.6. The van der Waals surface area contributed by atoms with Gasteiger partial charge in [0, 0.05) is 11.1 Å². The van der Waals surface area contributed by atoms with E-state index in [2.05, 4.69) is 54.6 Å². The summed E-state index contributed by atoms with van der Waals surface area (Å²) in [5.74, 6) is 1.19. The van der Waals surface area contributed by atoms with Crippen molar-refractivity contribution in [3.63, 3.8) is 0 Å². The quantitative estimate of drug-likeness (QED) is 0.362. The number of amides is 2. The summed E-state index contributed by atoms with van der Waals surface area (Å²) < 4.78 is 13.8. The van der Waals surface area contributed by atoms with Crippen LogP contribution in [-0.2, 0) is 4.79 Å². The lowest BCUT2D eigenvalue weighted by Gasteiger charge is -2.47. The van der Waals surface area contributed by atoms with Crippen molar-refractivity contribution in [1.82, 2.24) is 26.7 Å². The van der Waals surface area contributed by atoms with Crippen LogP contribution in [-0.4, -0.2) is 40.5 Å². The molecule has 218 valence electrons. The fourth-order valence-corrected chi connectivity index (χ4v) is 6.55. The summed E-state index contributed by atoms with van der Waals surface area (Å²) >= 11 is 0. The van der Waals surface area contributed by atoms with Crippen LogP contribution in [0.15, 0.2) is 58.6 Å². The lowest BCUT2D eigenvalue weighted by molar-refractivity contribution is -0.134. The Morgan fingerprint density at radius 3 is 2.37 bits per heavy atom. The number of halogens is 1. The van der Waals surface area contributed by atoms with Crippen molar-refractivity contribution in [2.75, 3.05) is 6.54 Å². The zero-order valence-corrected chi connectivity index (χ0v) is 24.2. The Labute approximate surface area is 241 Å². The van der Waals surface area contributed by atoms with Crippen LogP contribution in [0.4, 0.5) is 4.39 Å². The molecule has 0 saturated heterocycles. The molecule has 2 aromatic rings. The summed E-state index contributed by atoms with van der Waals surface area (Å²) in [4.78, 5) is 34.4. The molecule has 4 N–H and O–H groups in total. The molecule has 41 heavy (non-hydrogen) atoms. The van der Waals surface area contributed by atoms with Gasteiger partial charge in [-0.3, -0.25) is 20.0 Å². The van der Waals surface area contributed by atoms with E-state index in [1.54, 1.807) is 12.1 Å². The minimum absolute atomic E-state index is 0.111. The predicted octanol–water partition coefficient (Wildman–Crippen LogP) is 4.44. The first-order chi connectivity index (χ1) is 19.6. The molecule has 10 heteroatoms. The van der Waals surface area contributed by atoms with E-state index < -0.39 is 5.66 Å². The van der Waals surface area contributed by atoms with Gasteiger partial charge < -0.3 is 10.2 Å². The van der Waals surface area contributed by atoms with Crippen LogP contribution in [0, 0.1) is 23.6 Å². The van der Waals surface area contributed by atoms with Crippen molar-refractivity contribution < 1.29 is 14.0 Å². The second-order valence-corrected chi connectivity index (χ2v) is 12.2. The van der Waals surface area contributed by atoms with E-state index >= 15 is 0 Å². The predicted molar refractivity (Wildman–Crippen MR) is 157 cm³/mol. The van der Waals surface area contributed by atoms with Crippen LogP contribution in [0.1, 0.15) is 87.3 Å². The number of amidine groups is 1. The van der Waals surface area contributed by atoms with Crippen LogP contribution in [0.2, 0.25) is 0 Å². The van der Waals surface area contributed by atoms with Crippen LogP contribution in [0.3, 0.4) is 0 Å². The van der Waals surface area contributed by atoms with E-state index in [9.17, 15) is 14.0 Å². The highest BCUT2D eigenvalue weighted by Gasteiger charge is 2.53. The number of rotatable bonds is 9. The molecular weight excluding hydrogens is 521 g/mol. The van der Waals surface area contributed by atoms with E-state index in [0.717, 1.165) is 37.7 Å². The van der Waals surface area contributed by atoms with Gasteiger partial charge in [0.2, 0.25) is 0 Å². The van der Waals surface area contributed by atoms with Gasteiger partial charge >= 0.3 is 0 Å². The molecule has 5 rings (SSSR count). The third kappa shape index (κ3) is 6.27. The summed E-state index contributed by atoms with van der Waals surface area (Å²) in [6, 6.07) is 13.4. The second-order valence-electron chi connectivity index (χ2n) is 12.2. The van der Waals surface area contributed by atoms with Gasteiger partial charge in [0.25, 0.3) is 11.8 Å². The Morgan fingerprint density at radius 1 is 1.07 bits per heavy atom. The highest BCUT2D eigenvalue weighted by atomic mass is 19.1. The maximum atomic E-state index is 14.3. The summed E-state index contributed by atoms with van der Waals surface area (Å²) in [6.07, 6.45) is 4.37. The van der Waals surface area contributed by atoms with Gasteiger partial charge in [-0.05, 0) is 91.8 Å². The van der Waals surface area contributed by atoms with Crippen molar-refractivity contribution in [2.24, 2.45) is 27.8 Å². The minimum Gasteiger partial charge on any atom is -0.345 e. The normalized spacial score (nSPS) is 24.6. The SMILES string of the molecule is CC(C)CC[C@H](c1ccc(C(=O)NCC2=NNNN2)cc1)N1C(=O)C(c2ccc(F)cc2)=NC12CC(C)CC(C)C2. The molecule has 9 nitrogen and oxygen atoms in total. The Hall–Kier alpha value is -3.79. The molecule has 2 aromatic carbocycles. The van der Waals surface area contributed by atoms with Gasteiger partial charge in [-0.2, -0.15) is 0 Å². The van der Waals surface area contributed by atoms with E-state index in [-0.39, 0.29) is 30.2 Å². The van der Waals surface area contributed by atoms with Gasteiger partial charge in [0.05, 0.1) is 12.6 Å². The smallest absolute Gasteiger partial charge is 0.275 e. The maximum absolute atomic E-state index is 14.3. The number of carbonyl (C=O) groups is 2. The number of nitrogens with zero attached hydrogens (tertiary/aromatic N) is 3.